The van der Waals surface area contributed by atoms with Crippen LogP contribution in [0.15, 0.2) is 53.4 Å². The van der Waals surface area contributed by atoms with Gasteiger partial charge in [0, 0.05) is 23.4 Å². The van der Waals surface area contributed by atoms with Crippen molar-refractivity contribution in [3.05, 3.63) is 54.1 Å². The molecule has 1 amide bonds. The second-order valence-electron chi connectivity index (χ2n) is 5.29. The number of amides is 1. The summed E-state index contributed by atoms with van der Waals surface area (Å²) in [5, 5.41) is 2.93. The third kappa shape index (κ3) is 3.24. The van der Waals surface area contributed by atoms with Crippen LogP contribution < -0.4 is 10.1 Å². The molecule has 1 aliphatic heterocycles. The zero-order valence-corrected chi connectivity index (χ0v) is 14.8. The van der Waals surface area contributed by atoms with E-state index < -0.39 is 4.93 Å². The second-order valence-corrected chi connectivity index (χ2v) is 6.89. The van der Waals surface area contributed by atoms with Crippen molar-refractivity contribution >= 4 is 35.0 Å². The maximum atomic E-state index is 12.7. The first-order chi connectivity index (χ1) is 11.7. The summed E-state index contributed by atoms with van der Waals surface area (Å²) in [4.78, 5) is 12.6. The van der Waals surface area contributed by atoms with Crippen molar-refractivity contribution in [1.82, 2.24) is 0 Å². The van der Waals surface area contributed by atoms with Gasteiger partial charge in [-0.1, -0.05) is 36.0 Å². The van der Waals surface area contributed by atoms with Gasteiger partial charge in [0.1, 0.15) is 5.75 Å². The zero-order chi connectivity index (χ0) is 17.0. The molecule has 0 saturated carbocycles. The van der Waals surface area contributed by atoms with E-state index >= 15 is 0 Å². The van der Waals surface area contributed by atoms with E-state index in [0.29, 0.717) is 12.5 Å². The molecular weight excluding hydrogens is 346 g/mol. The van der Waals surface area contributed by atoms with Crippen LogP contribution in [0.3, 0.4) is 0 Å². The minimum Gasteiger partial charge on any atom is -0.494 e. The van der Waals surface area contributed by atoms with Crippen LogP contribution >= 0.6 is 23.4 Å². The lowest BCUT2D eigenvalue weighted by molar-refractivity contribution is -0.129. The third-order valence-electron chi connectivity index (χ3n) is 3.76. The summed E-state index contributed by atoms with van der Waals surface area (Å²) in [6.45, 7) is 0.570. The van der Waals surface area contributed by atoms with Gasteiger partial charge in [0.05, 0.1) is 12.3 Å². The maximum Gasteiger partial charge on any atom is 0.272 e. The Morgan fingerprint density at radius 2 is 1.92 bits per heavy atom. The standard InChI is InChI=1S/C18H18ClNO3S/c1-22-18(13-7-9-14(10-8-13)23-12-4-11-19)17(21)20-15-5-2-3-6-16(15)24-18/h2-3,5-10H,4,11-12H2,1H3,(H,20,21). The Morgan fingerprint density at radius 3 is 2.62 bits per heavy atom. The van der Waals surface area contributed by atoms with Gasteiger partial charge < -0.3 is 14.8 Å². The minimum absolute atomic E-state index is 0.190. The second kappa shape index (κ2) is 7.47. The predicted octanol–water partition coefficient (Wildman–Crippen LogP) is 4.24. The van der Waals surface area contributed by atoms with Gasteiger partial charge in [0.2, 0.25) is 4.93 Å². The molecule has 0 radical (unpaired) electrons. The number of halogens is 1. The normalized spacial score (nSPS) is 19.5. The Kier molecular flexibility index (Phi) is 5.33. The van der Waals surface area contributed by atoms with Gasteiger partial charge in [-0.05, 0) is 30.7 Å². The van der Waals surface area contributed by atoms with Crippen LogP contribution in [0.25, 0.3) is 0 Å². The lowest BCUT2D eigenvalue weighted by Crippen LogP contribution is -2.41. The van der Waals surface area contributed by atoms with Gasteiger partial charge in [0.25, 0.3) is 5.91 Å². The smallest absolute Gasteiger partial charge is 0.272 e. The summed E-state index contributed by atoms with van der Waals surface area (Å²) in [6.07, 6.45) is 0.792. The Hall–Kier alpha value is -1.69. The van der Waals surface area contributed by atoms with Crippen molar-refractivity contribution in [2.24, 2.45) is 0 Å². The van der Waals surface area contributed by atoms with Crippen LogP contribution in [-0.2, 0) is 14.5 Å². The lowest BCUT2D eigenvalue weighted by Gasteiger charge is -2.35. The summed E-state index contributed by atoms with van der Waals surface area (Å²) in [5.41, 5.74) is 1.58. The number of methoxy groups -OCH3 is 1. The van der Waals surface area contributed by atoms with E-state index in [4.69, 9.17) is 21.1 Å². The summed E-state index contributed by atoms with van der Waals surface area (Å²) in [7, 11) is 1.55. The monoisotopic (exact) mass is 363 g/mol. The van der Waals surface area contributed by atoms with Crippen molar-refractivity contribution in [1.29, 1.82) is 0 Å². The Balaban J connectivity index is 1.86. The number of nitrogens with one attached hydrogen (secondary N) is 1. The van der Waals surface area contributed by atoms with Gasteiger partial charge in [-0.15, -0.1) is 11.6 Å². The average Bonchev–Trinajstić information content (AvgIpc) is 2.62. The molecule has 1 unspecified atom stereocenters. The topological polar surface area (TPSA) is 47.6 Å². The highest BCUT2D eigenvalue weighted by molar-refractivity contribution is 8.01. The van der Waals surface area contributed by atoms with E-state index in [2.05, 4.69) is 5.32 Å². The highest BCUT2D eigenvalue weighted by Crippen LogP contribution is 2.49. The fourth-order valence-corrected chi connectivity index (χ4v) is 3.80. The number of rotatable bonds is 6. The van der Waals surface area contributed by atoms with E-state index in [1.54, 1.807) is 7.11 Å². The number of carbonyl (C=O) groups is 1. The zero-order valence-electron chi connectivity index (χ0n) is 13.3. The number of anilines is 1. The number of hydrogen-bond acceptors (Lipinski definition) is 4. The van der Waals surface area contributed by atoms with E-state index in [1.165, 1.54) is 11.8 Å². The van der Waals surface area contributed by atoms with Gasteiger partial charge in [-0.2, -0.15) is 0 Å². The molecule has 1 atom stereocenters. The Labute approximate surface area is 150 Å². The molecule has 2 aromatic rings. The van der Waals surface area contributed by atoms with Gasteiger partial charge >= 0.3 is 0 Å². The molecule has 0 aliphatic carbocycles. The van der Waals surface area contributed by atoms with Crippen LogP contribution in [0, 0.1) is 0 Å². The van der Waals surface area contributed by atoms with E-state index in [9.17, 15) is 4.79 Å². The molecule has 0 aromatic heterocycles. The van der Waals surface area contributed by atoms with E-state index in [0.717, 1.165) is 28.3 Å². The quantitative estimate of drug-likeness (QED) is 0.616. The number of alkyl halides is 1. The lowest BCUT2D eigenvalue weighted by atomic mass is 10.1. The van der Waals surface area contributed by atoms with Gasteiger partial charge in [-0.3, -0.25) is 4.79 Å². The number of benzene rings is 2. The first-order valence-electron chi connectivity index (χ1n) is 7.63. The minimum atomic E-state index is -1.11. The number of para-hydroxylation sites is 1. The Morgan fingerprint density at radius 1 is 1.17 bits per heavy atom. The summed E-state index contributed by atoms with van der Waals surface area (Å²) >= 11 is 7.05. The van der Waals surface area contributed by atoms with Crippen LogP contribution in [0.2, 0.25) is 0 Å². The molecule has 126 valence electrons. The summed E-state index contributed by atoms with van der Waals surface area (Å²) in [5.74, 6) is 1.13. The molecule has 0 saturated heterocycles. The third-order valence-corrected chi connectivity index (χ3v) is 5.47. The molecule has 4 nitrogen and oxygen atoms in total. The molecule has 1 N–H and O–H groups in total. The molecule has 0 bridgehead atoms. The first-order valence-corrected chi connectivity index (χ1v) is 8.98. The highest BCUT2D eigenvalue weighted by atomic mass is 35.5. The van der Waals surface area contributed by atoms with Crippen molar-refractivity contribution in [2.75, 3.05) is 24.9 Å². The van der Waals surface area contributed by atoms with E-state index in [1.807, 2.05) is 48.5 Å². The predicted molar refractivity (Wildman–Crippen MR) is 96.9 cm³/mol. The van der Waals surface area contributed by atoms with Crippen molar-refractivity contribution in [3.8, 4) is 5.75 Å². The molecule has 0 spiro atoms. The van der Waals surface area contributed by atoms with Crippen LogP contribution in [0.1, 0.15) is 12.0 Å². The molecule has 1 heterocycles. The van der Waals surface area contributed by atoms with Crippen molar-refractivity contribution in [3.63, 3.8) is 0 Å². The summed E-state index contributed by atoms with van der Waals surface area (Å²) < 4.78 is 11.3. The fraction of sp³-hybridized carbons (Fsp3) is 0.278. The van der Waals surface area contributed by atoms with Crippen LogP contribution in [0.5, 0.6) is 5.75 Å². The maximum absolute atomic E-state index is 12.7. The number of fused-ring (bicyclic) bond motifs is 1. The number of hydrogen-bond donors (Lipinski definition) is 1. The average molecular weight is 364 g/mol. The SMILES string of the molecule is COC1(c2ccc(OCCCCl)cc2)Sc2ccccc2NC1=O. The molecule has 24 heavy (non-hydrogen) atoms. The number of ether oxygens (including phenoxy) is 2. The van der Waals surface area contributed by atoms with Crippen LogP contribution in [0.4, 0.5) is 5.69 Å². The van der Waals surface area contributed by atoms with Crippen molar-refractivity contribution < 1.29 is 14.3 Å². The Bertz CT molecular complexity index is 722. The van der Waals surface area contributed by atoms with Gasteiger partial charge in [0.15, 0.2) is 0 Å². The number of carbonyl (C=O) groups excluding carboxylic acids is 1. The number of thioether (sulfide) groups is 1. The summed E-state index contributed by atoms with van der Waals surface area (Å²) in [6, 6.07) is 15.1. The van der Waals surface area contributed by atoms with Crippen molar-refractivity contribution in [2.45, 2.75) is 16.2 Å². The highest BCUT2D eigenvalue weighted by Gasteiger charge is 2.45. The fourth-order valence-electron chi connectivity index (χ4n) is 2.52. The van der Waals surface area contributed by atoms with E-state index in [-0.39, 0.29) is 5.91 Å². The molecule has 0 fully saturated rings. The molecule has 3 rings (SSSR count). The molecule has 2 aromatic carbocycles. The molecular formula is C18H18ClNO3S. The first kappa shape index (κ1) is 17.1. The molecule has 6 heteroatoms. The van der Waals surface area contributed by atoms with Crippen LogP contribution in [-0.4, -0.2) is 25.5 Å². The van der Waals surface area contributed by atoms with Gasteiger partial charge in [-0.25, -0.2) is 0 Å². The molecule has 1 aliphatic rings. The largest absolute Gasteiger partial charge is 0.494 e.